The summed E-state index contributed by atoms with van der Waals surface area (Å²) in [5, 5.41) is 17.4. The first-order chi connectivity index (χ1) is 16.9. The average Bonchev–Trinajstić information content (AvgIpc) is 3.30. The number of benzene rings is 2. The van der Waals surface area contributed by atoms with Crippen LogP contribution in [-0.2, 0) is 20.9 Å². The van der Waals surface area contributed by atoms with Crippen molar-refractivity contribution < 1.29 is 19.5 Å². The number of thioether (sulfide) groups is 1. The van der Waals surface area contributed by atoms with Crippen molar-refractivity contribution in [2.45, 2.75) is 37.9 Å². The van der Waals surface area contributed by atoms with Crippen molar-refractivity contribution in [1.29, 1.82) is 0 Å². The number of carbonyl (C=O) groups excluding carboxylic acids is 2. The van der Waals surface area contributed by atoms with Gasteiger partial charge in [-0.3, -0.25) is 14.5 Å². The first-order valence-corrected chi connectivity index (χ1v) is 13.5. The highest BCUT2D eigenvalue weighted by Gasteiger charge is 2.31. The van der Waals surface area contributed by atoms with Crippen molar-refractivity contribution in [1.82, 2.24) is 20.4 Å². The molecule has 0 aromatic heterocycles. The first kappa shape index (κ1) is 27.0. The van der Waals surface area contributed by atoms with Crippen LogP contribution in [0, 0.1) is 0 Å². The van der Waals surface area contributed by atoms with Gasteiger partial charge in [-0.15, -0.1) is 0 Å². The number of likely N-dealkylation sites (tertiary alicyclic amines) is 1. The van der Waals surface area contributed by atoms with Crippen LogP contribution in [0.15, 0.2) is 42.5 Å². The Morgan fingerprint density at radius 2 is 1.97 bits per heavy atom. The number of rotatable bonds is 13. The summed E-state index contributed by atoms with van der Waals surface area (Å²) < 4.78 is 0. The van der Waals surface area contributed by atoms with E-state index in [9.17, 15) is 19.5 Å². The van der Waals surface area contributed by atoms with Crippen molar-refractivity contribution >= 4 is 40.3 Å². The number of amides is 2. The molecule has 2 amide bonds. The molecule has 0 spiro atoms. The number of carbonyl (C=O) groups is 3. The Balaban J connectivity index is 1.79. The van der Waals surface area contributed by atoms with Crippen LogP contribution in [0.4, 0.5) is 0 Å². The Bertz CT molecular complexity index is 1010. The van der Waals surface area contributed by atoms with Crippen LogP contribution in [-0.4, -0.2) is 90.0 Å². The number of fused-ring (bicyclic) bond motifs is 1. The molecule has 0 saturated carbocycles. The lowest BCUT2D eigenvalue weighted by Gasteiger charge is -2.31. The molecule has 3 N–H and O–H groups in total. The lowest BCUT2D eigenvalue weighted by molar-refractivity contribution is -0.142. The minimum absolute atomic E-state index is 0.0189. The monoisotopic (exact) mass is 500 g/mol. The SMILES string of the molecule is CNCC(=O)N1CCCC1CN(CC(=O)N[C@@H](CCSC)C(=O)O)Cc1cccc2ccccc12. The average molecular weight is 501 g/mol. The standard InChI is InChI=1S/C26H36N4O4S/c1-27-15-25(32)30-13-6-10-21(30)17-29(18-24(31)28-23(26(33)34)12-14-35-2)16-20-9-5-8-19-7-3-4-11-22(19)20/h3-5,7-9,11,21,23,27H,6,10,12-18H2,1-2H3,(H,28,31)(H,33,34)/t21?,23-/m0/s1. The quantitative estimate of drug-likeness (QED) is 0.387. The number of carboxylic acid groups (broad SMARTS) is 1. The summed E-state index contributed by atoms with van der Waals surface area (Å²) in [4.78, 5) is 41.2. The van der Waals surface area contributed by atoms with Crippen LogP contribution in [0.5, 0.6) is 0 Å². The first-order valence-electron chi connectivity index (χ1n) is 12.1. The van der Waals surface area contributed by atoms with E-state index < -0.39 is 12.0 Å². The van der Waals surface area contributed by atoms with Gasteiger partial charge in [-0.25, -0.2) is 4.79 Å². The van der Waals surface area contributed by atoms with Crippen LogP contribution < -0.4 is 10.6 Å². The third-order valence-corrected chi connectivity index (χ3v) is 7.02. The van der Waals surface area contributed by atoms with Crippen LogP contribution in [0.25, 0.3) is 10.8 Å². The van der Waals surface area contributed by atoms with Gasteiger partial charge in [0.05, 0.1) is 13.1 Å². The Labute approximate surface area is 211 Å². The minimum atomic E-state index is -1.02. The molecular formula is C26H36N4O4S. The van der Waals surface area contributed by atoms with Gasteiger partial charge in [0.1, 0.15) is 6.04 Å². The fourth-order valence-electron chi connectivity index (χ4n) is 4.70. The lowest BCUT2D eigenvalue weighted by Crippen LogP contribution is -2.49. The fraction of sp³-hybridized carbons (Fsp3) is 0.500. The molecule has 1 heterocycles. The summed E-state index contributed by atoms with van der Waals surface area (Å²) in [5.74, 6) is -0.619. The molecule has 190 valence electrons. The van der Waals surface area contributed by atoms with E-state index in [-0.39, 0.29) is 30.9 Å². The molecular weight excluding hydrogens is 464 g/mol. The van der Waals surface area contributed by atoms with Crippen molar-refractivity contribution in [2.75, 3.05) is 45.2 Å². The molecule has 1 aliphatic heterocycles. The second-order valence-corrected chi connectivity index (χ2v) is 9.95. The number of aliphatic carboxylic acids is 1. The maximum absolute atomic E-state index is 13.0. The summed E-state index contributed by atoms with van der Waals surface area (Å²) in [5.41, 5.74) is 1.10. The second-order valence-electron chi connectivity index (χ2n) is 8.96. The smallest absolute Gasteiger partial charge is 0.326 e. The van der Waals surface area contributed by atoms with Gasteiger partial charge in [-0.1, -0.05) is 42.5 Å². The predicted octanol–water partition coefficient (Wildman–Crippen LogP) is 2.17. The highest BCUT2D eigenvalue weighted by molar-refractivity contribution is 7.98. The molecule has 9 heteroatoms. The molecule has 1 saturated heterocycles. The zero-order chi connectivity index (χ0) is 25.2. The molecule has 1 aliphatic rings. The molecule has 0 aliphatic carbocycles. The van der Waals surface area contributed by atoms with Gasteiger partial charge < -0.3 is 20.6 Å². The highest BCUT2D eigenvalue weighted by Crippen LogP contribution is 2.23. The van der Waals surface area contributed by atoms with Crippen molar-refractivity contribution in [3.63, 3.8) is 0 Å². The molecule has 1 fully saturated rings. The fourth-order valence-corrected chi connectivity index (χ4v) is 5.17. The number of hydrogen-bond donors (Lipinski definition) is 3. The highest BCUT2D eigenvalue weighted by atomic mass is 32.2. The van der Waals surface area contributed by atoms with Crippen molar-refractivity contribution in [3.05, 3.63) is 48.0 Å². The maximum Gasteiger partial charge on any atom is 0.326 e. The van der Waals surface area contributed by atoms with E-state index >= 15 is 0 Å². The van der Waals surface area contributed by atoms with Gasteiger partial charge in [-0.2, -0.15) is 11.8 Å². The topological polar surface area (TPSA) is 102 Å². The van der Waals surface area contributed by atoms with E-state index in [1.807, 2.05) is 34.3 Å². The number of nitrogens with one attached hydrogen (secondary N) is 2. The van der Waals surface area contributed by atoms with E-state index in [4.69, 9.17) is 0 Å². The molecule has 1 unspecified atom stereocenters. The molecule has 3 rings (SSSR count). The molecule has 35 heavy (non-hydrogen) atoms. The van der Waals surface area contributed by atoms with Crippen molar-refractivity contribution in [3.8, 4) is 0 Å². The summed E-state index contributed by atoms with van der Waals surface area (Å²) >= 11 is 1.55. The van der Waals surface area contributed by atoms with Gasteiger partial charge in [0.25, 0.3) is 0 Å². The van der Waals surface area contributed by atoms with E-state index in [0.717, 1.165) is 35.7 Å². The summed E-state index contributed by atoms with van der Waals surface area (Å²) in [7, 11) is 1.76. The normalized spacial score (nSPS) is 16.5. The van der Waals surface area contributed by atoms with Gasteiger partial charge >= 0.3 is 5.97 Å². The number of likely N-dealkylation sites (N-methyl/N-ethyl adjacent to an activating group) is 1. The predicted molar refractivity (Wildman–Crippen MR) is 140 cm³/mol. The van der Waals surface area contributed by atoms with Gasteiger partial charge in [0.2, 0.25) is 11.8 Å². The number of carboxylic acids is 1. The van der Waals surface area contributed by atoms with E-state index in [1.54, 1.807) is 18.8 Å². The molecule has 8 nitrogen and oxygen atoms in total. The Hall–Kier alpha value is -2.62. The van der Waals surface area contributed by atoms with E-state index in [2.05, 4.69) is 34.9 Å². The van der Waals surface area contributed by atoms with Crippen LogP contribution in [0.3, 0.4) is 0 Å². The van der Waals surface area contributed by atoms with Gasteiger partial charge in [0.15, 0.2) is 0 Å². The minimum Gasteiger partial charge on any atom is -0.480 e. The third kappa shape index (κ3) is 7.68. The van der Waals surface area contributed by atoms with E-state index in [1.165, 1.54) is 0 Å². The Kier molecular flexibility index (Phi) is 10.4. The van der Waals surface area contributed by atoms with Crippen LogP contribution >= 0.6 is 11.8 Å². The molecule has 2 aromatic carbocycles. The zero-order valence-electron chi connectivity index (χ0n) is 20.5. The number of nitrogens with zero attached hydrogens (tertiary/aromatic N) is 2. The second kappa shape index (κ2) is 13.5. The summed E-state index contributed by atoms with van der Waals surface area (Å²) in [6.45, 7) is 2.15. The third-order valence-electron chi connectivity index (χ3n) is 6.38. The Morgan fingerprint density at radius 3 is 2.71 bits per heavy atom. The largest absolute Gasteiger partial charge is 0.480 e. The van der Waals surface area contributed by atoms with Crippen molar-refractivity contribution in [2.24, 2.45) is 0 Å². The molecule has 2 atom stereocenters. The van der Waals surface area contributed by atoms with Crippen LogP contribution in [0.2, 0.25) is 0 Å². The lowest BCUT2D eigenvalue weighted by atomic mass is 10.0. The molecule has 0 bridgehead atoms. The summed E-state index contributed by atoms with van der Waals surface area (Å²) in [6.07, 6.45) is 4.11. The van der Waals surface area contributed by atoms with Gasteiger partial charge in [0, 0.05) is 25.7 Å². The summed E-state index contributed by atoms with van der Waals surface area (Å²) in [6, 6.07) is 13.4. The molecule has 2 aromatic rings. The van der Waals surface area contributed by atoms with Gasteiger partial charge in [-0.05, 0) is 54.7 Å². The Morgan fingerprint density at radius 1 is 1.20 bits per heavy atom. The number of hydrogen-bond acceptors (Lipinski definition) is 6. The zero-order valence-corrected chi connectivity index (χ0v) is 21.4. The van der Waals surface area contributed by atoms with E-state index in [0.29, 0.717) is 25.3 Å². The van der Waals surface area contributed by atoms with Crippen LogP contribution in [0.1, 0.15) is 24.8 Å². The molecule has 0 radical (unpaired) electrons. The maximum atomic E-state index is 13.0.